The number of rotatable bonds is 1. The van der Waals surface area contributed by atoms with Crippen LogP contribution in [-0.2, 0) is 5.41 Å². The normalized spacial score (nSPS) is 20.2. The zero-order valence-corrected chi connectivity index (χ0v) is 8.64. The molecule has 0 bridgehead atoms. The van der Waals surface area contributed by atoms with Crippen molar-refractivity contribution in [1.82, 2.24) is 15.0 Å². The first kappa shape index (κ1) is 9.95. The van der Waals surface area contributed by atoms with E-state index in [0.717, 1.165) is 12.8 Å². The van der Waals surface area contributed by atoms with Crippen LogP contribution in [0.3, 0.4) is 0 Å². The molecule has 0 radical (unpaired) electrons. The SMILES string of the molecule is CC1(c2ncon2)CCN(C(N)=O)CC1. The van der Waals surface area contributed by atoms with Gasteiger partial charge in [-0.25, -0.2) is 4.79 Å². The highest BCUT2D eigenvalue weighted by Crippen LogP contribution is 2.32. The molecule has 1 fully saturated rings. The fourth-order valence-electron chi connectivity index (χ4n) is 1.88. The summed E-state index contributed by atoms with van der Waals surface area (Å²) in [7, 11) is 0. The zero-order chi connectivity index (χ0) is 10.9. The van der Waals surface area contributed by atoms with E-state index < -0.39 is 0 Å². The Morgan fingerprint density at radius 3 is 2.73 bits per heavy atom. The number of amides is 2. The Morgan fingerprint density at radius 2 is 2.27 bits per heavy atom. The molecule has 0 unspecified atom stereocenters. The van der Waals surface area contributed by atoms with Crippen molar-refractivity contribution in [2.45, 2.75) is 25.2 Å². The van der Waals surface area contributed by atoms with Crippen LogP contribution in [0.4, 0.5) is 4.79 Å². The summed E-state index contributed by atoms with van der Waals surface area (Å²) in [4.78, 5) is 16.7. The zero-order valence-electron chi connectivity index (χ0n) is 8.64. The van der Waals surface area contributed by atoms with Gasteiger partial charge in [-0.15, -0.1) is 0 Å². The Labute approximate surface area is 87.4 Å². The Kier molecular flexibility index (Phi) is 2.34. The maximum absolute atomic E-state index is 11.0. The summed E-state index contributed by atoms with van der Waals surface area (Å²) in [5, 5.41) is 3.86. The second-order valence-electron chi connectivity index (χ2n) is 4.14. The topological polar surface area (TPSA) is 85.2 Å². The number of nitrogens with zero attached hydrogens (tertiary/aromatic N) is 3. The maximum Gasteiger partial charge on any atom is 0.314 e. The molecule has 0 atom stereocenters. The van der Waals surface area contributed by atoms with Crippen molar-refractivity contribution in [3.8, 4) is 0 Å². The fourth-order valence-corrected chi connectivity index (χ4v) is 1.88. The first-order valence-corrected chi connectivity index (χ1v) is 4.93. The van der Waals surface area contributed by atoms with Crippen molar-refractivity contribution >= 4 is 6.03 Å². The molecule has 15 heavy (non-hydrogen) atoms. The van der Waals surface area contributed by atoms with Gasteiger partial charge in [-0.05, 0) is 12.8 Å². The first-order valence-electron chi connectivity index (χ1n) is 4.93. The monoisotopic (exact) mass is 210 g/mol. The van der Waals surface area contributed by atoms with Crippen molar-refractivity contribution in [2.24, 2.45) is 5.73 Å². The van der Waals surface area contributed by atoms with E-state index in [2.05, 4.69) is 17.1 Å². The number of nitrogens with two attached hydrogens (primary N) is 1. The average molecular weight is 210 g/mol. The molecule has 2 amide bonds. The number of piperidine rings is 1. The maximum atomic E-state index is 11.0. The third-order valence-electron chi connectivity index (χ3n) is 3.08. The summed E-state index contributed by atoms with van der Waals surface area (Å²) in [6.45, 7) is 3.39. The summed E-state index contributed by atoms with van der Waals surface area (Å²) in [5.41, 5.74) is 5.11. The minimum atomic E-state index is -0.356. The molecular weight excluding hydrogens is 196 g/mol. The molecule has 2 heterocycles. The standard InChI is InChI=1S/C9H14N4O2/c1-9(7-11-6-15-12-7)2-4-13(5-3-9)8(10)14/h6H,2-5H2,1H3,(H2,10,14). The van der Waals surface area contributed by atoms with E-state index in [1.165, 1.54) is 6.39 Å². The predicted molar refractivity (Wildman–Crippen MR) is 52.0 cm³/mol. The van der Waals surface area contributed by atoms with E-state index in [1.807, 2.05) is 0 Å². The van der Waals surface area contributed by atoms with Gasteiger partial charge < -0.3 is 15.2 Å². The smallest absolute Gasteiger partial charge is 0.314 e. The number of carbonyl (C=O) groups excluding carboxylic acids is 1. The van der Waals surface area contributed by atoms with E-state index >= 15 is 0 Å². The lowest BCUT2D eigenvalue weighted by Gasteiger charge is -2.36. The fraction of sp³-hybridized carbons (Fsp3) is 0.667. The molecule has 6 nitrogen and oxygen atoms in total. The van der Waals surface area contributed by atoms with Gasteiger partial charge in [-0.3, -0.25) is 0 Å². The van der Waals surface area contributed by atoms with Crippen LogP contribution in [0.15, 0.2) is 10.9 Å². The summed E-state index contributed by atoms with van der Waals surface area (Å²) in [6, 6.07) is -0.356. The molecule has 0 spiro atoms. The highest BCUT2D eigenvalue weighted by Gasteiger charge is 2.36. The Balaban J connectivity index is 2.06. The van der Waals surface area contributed by atoms with Crippen LogP contribution in [0.5, 0.6) is 0 Å². The van der Waals surface area contributed by atoms with E-state index in [1.54, 1.807) is 4.90 Å². The van der Waals surface area contributed by atoms with Crippen LogP contribution in [-0.4, -0.2) is 34.2 Å². The van der Waals surface area contributed by atoms with Gasteiger partial charge in [0.05, 0.1) is 0 Å². The molecule has 1 aromatic heterocycles. The molecule has 1 aliphatic heterocycles. The quantitative estimate of drug-likeness (QED) is 0.731. The number of primary amides is 1. The molecule has 2 rings (SSSR count). The van der Waals surface area contributed by atoms with Gasteiger partial charge in [0.25, 0.3) is 0 Å². The van der Waals surface area contributed by atoms with Gasteiger partial charge >= 0.3 is 6.03 Å². The summed E-state index contributed by atoms with van der Waals surface area (Å²) < 4.78 is 4.74. The number of carbonyl (C=O) groups is 1. The van der Waals surface area contributed by atoms with Gasteiger partial charge in [0.2, 0.25) is 6.39 Å². The number of hydrogen-bond donors (Lipinski definition) is 1. The molecular formula is C9H14N4O2. The second kappa shape index (κ2) is 3.52. The minimum absolute atomic E-state index is 0.0983. The minimum Gasteiger partial charge on any atom is -0.351 e. The van der Waals surface area contributed by atoms with Gasteiger partial charge in [0, 0.05) is 18.5 Å². The molecule has 82 valence electrons. The average Bonchev–Trinajstić information content (AvgIpc) is 2.71. The van der Waals surface area contributed by atoms with Gasteiger partial charge in [0.15, 0.2) is 5.82 Å². The molecule has 1 aliphatic rings. The highest BCUT2D eigenvalue weighted by atomic mass is 16.5. The van der Waals surface area contributed by atoms with Crippen LogP contribution in [0, 0.1) is 0 Å². The van der Waals surface area contributed by atoms with Crippen molar-refractivity contribution in [2.75, 3.05) is 13.1 Å². The molecule has 0 saturated carbocycles. The van der Waals surface area contributed by atoms with Crippen LogP contribution in [0.2, 0.25) is 0 Å². The Bertz CT molecular complexity index is 341. The lowest BCUT2D eigenvalue weighted by Crippen LogP contribution is -2.46. The first-order chi connectivity index (χ1) is 7.12. The van der Waals surface area contributed by atoms with E-state index in [-0.39, 0.29) is 11.4 Å². The predicted octanol–water partition coefficient (Wildman–Crippen LogP) is 0.502. The van der Waals surface area contributed by atoms with E-state index in [0.29, 0.717) is 18.9 Å². The molecule has 2 N–H and O–H groups in total. The van der Waals surface area contributed by atoms with Crippen LogP contribution in [0.25, 0.3) is 0 Å². The van der Waals surface area contributed by atoms with Crippen molar-refractivity contribution in [1.29, 1.82) is 0 Å². The summed E-state index contributed by atoms with van der Waals surface area (Å²) >= 11 is 0. The molecule has 0 aromatic carbocycles. The highest BCUT2D eigenvalue weighted by molar-refractivity contribution is 5.72. The van der Waals surface area contributed by atoms with Gasteiger partial charge in [0.1, 0.15) is 0 Å². The summed E-state index contributed by atoms with van der Waals surface area (Å²) in [5.74, 6) is 0.714. The second-order valence-corrected chi connectivity index (χ2v) is 4.14. The molecule has 1 saturated heterocycles. The van der Waals surface area contributed by atoms with E-state index in [9.17, 15) is 4.79 Å². The van der Waals surface area contributed by atoms with Gasteiger partial charge in [-0.2, -0.15) is 4.98 Å². The van der Waals surface area contributed by atoms with Crippen molar-refractivity contribution in [3.63, 3.8) is 0 Å². The van der Waals surface area contributed by atoms with E-state index in [4.69, 9.17) is 10.3 Å². The van der Waals surface area contributed by atoms with Crippen molar-refractivity contribution < 1.29 is 9.32 Å². The molecule has 0 aliphatic carbocycles. The Morgan fingerprint density at radius 1 is 1.60 bits per heavy atom. The van der Waals surface area contributed by atoms with Crippen LogP contribution < -0.4 is 5.73 Å². The van der Waals surface area contributed by atoms with Crippen LogP contribution in [0.1, 0.15) is 25.6 Å². The molecule has 6 heteroatoms. The number of urea groups is 1. The van der Waals surface area contributed by atoms with Gasteiger partial charge in [-0.1, -0.05) is 12.1 Å². The molecule has 1 aromatic rings. The summed E-state index contributed by atoms with van der Waals surface area (Å²) in [6.07, 6.45) is 2.96. The number of hydrogen-bond acceptors (Lipinski definition) is 4. The third-order valence-corrected chi connectivity index (χ3v) is 3.08. The van der Waals surface area contributed by atoms with Crippen LogP contribution >= 0.6 is 0 Å². The largest absolute Gasteiger partial charge is 0.351 e. The van der Waals surface area contributed by atoms with Crippen molar-refractivity contribution in [3.05, 3.63) is 12.2 Å². The number of aromatic nitrogens is 2. The third kappa shape index (κ3) is 1.79. The number of likely N-dealkylation sites (tertiary alicyclic amines) is 1. The lowest BCUT2D eigenvalue weighted by molar-refractivity contribution is 0.166. The lowest BCUT2D eigenvalue weighted by atomic mass is 9.80. The Hall–Kier alpha value is -1.59.